The number of unbranched alkanes of at least 4 members (excludes halogenated alkanes) is 2. The van der Waals surface area contributed by atoms with Crippen molar-refractivity contribution in [2.45, 2.75) is 71.9 Å². The number of hydrogen-bond donors (Lipinski definition) is 1. The number of amides is 3. The van der Waals surface area contributed by atoms with Crippen molar-refractivity contribution >= 4 is 17.9 Å². The van der Waals surface area contributed by atoms with E-state index in [2.05, 4.69) is 11.9 Å². The van der Waals surface area contributed by atoms with E-state index in [0.29, 0.717) is 58.1 Å². The van der Waals surface area contributed by atoms with E-state index < -0.39 is 18.1 Å². The molecule has 0 aliphatic carbocycles. The standard InChI is InChI=1S/C28H47N5O6/c1-5-6-9-25-29-17-24(32(25)10-7-8-13-38-4)27(35)33(18-21(2)3)23-16-22(19-31(20-23)28(36)37)26(34)30-11-14-39-15-12-30/h17,21-23H,5-16,18-20H2,1-4H3,(H,36,37)/t22-,23+/m1/s1. The Morgan fingerprint density at radius 3 is 2.54 bits per heavy atom. The van der Waals surface area contributed by atoms with E-state index in [1.165, 1.54) is 4.90 Å². The van der Waals surface area contributed by atoms with Crippen LogP contribution in [-0.2, 0) is 27.2 Å². The number of carboxylic acid groups (broad SMARTS) is 1. The number of methoxy groups -OCH3 is 1. The zero-order valence-electron chi connectivity index (χ0n) is 24.1. The molecule has 3 rings (SSSR count). The van der Waals surface area contributed by atoms with Crippen LogP contribution in [0.1, 0.15) is 69.2 Å². The second-order valence-electron chi connectivity index (χ2n) is 11.1. The number of piperidine rings is 1. The third-order valence-electron chi connectivity index (χ3n) is 7.53. The van der Waals surface area contributed by atoms with Crippen LogP contribution in [-0.4, -0.2) is 113 Å². The molecule has 1 N–H and O–H groups in total. The maximum Gasteiger partial charge on any atom is 0.407 e. The smallest absolute Gasteiger partial charge is 0.407 e. The summed E-state index contributed by atoms with van der Waals surface area (Å²) in [5.41, 5.74) is 0.530. The summed E-state index contributed by atoms with van der Waals surface area (Å²) in [4.78, 5) is 49.2. The van der Waals surface area contributed by atoms with Crippen molar-refractivity contribution in [1.29, 1.82) is 0 Å². The Kier molecular flexibility index (Phi) is 12.0. The molecule has 2 fully saturated rings. The zero-order chi connectivity index (χ0) is 28.4. The van der Waals surface area contributed by atoms with Gasteiger partial charge in [0.25, 0.3) is 5.91 Å². The first-order chi connectivity index (χ1) is 18.8. The van der Waals surface area contributed by atoms with Crippen molar-refractivity contribution in [2.75, 3.05) is 59.7 Å². The summed E-state index contributed by atoms with van der Waals surface area (Å²) in [5.74, 6) is 0.356. The third-order valence-corrected chi connectivity index (χ3v) is 7.53. The second kappa shape index (κ2) is 15.2. The fourth-order valence-electron chi connectivity index (χ4n) is 5.50. The predicted octanol–water partition coefficient (Wildman–Crippen LogP) is 2.98. The molecule has 1 aromatic heterocycles. The molecule has 0 saturated carbocycles. The molecule has 0 aromatic carbocycles. The lowest BCUT2D eigenvalue weighted by Gasteiger charge is -2.43. The quantitative estimate of drug-likeness (QED) is 0.376. The minimum absolute atomic E-state index is 0.0590. The number of likely N-dealkylation sites (tertiary alicyclic amines) is 1. The van der Waals surface area contributed by atoms with Crippen LogP contribution in [0.15, 0.2) is 6.20 Å². The maximum atomic E-state index is 14.2. The van der Waals surface area contributed by atoms with E-state index in [9.17, 15) is 19.5 Å². The molecule has 2 aliphatic heterocycles. The first-order valence-corrected chi connectivity index (χ1v) is 14.4. The van der Waals surface area contributed by atoms with Crippen molar-refractivity contribution in [3.63, 3.8) is 0 Å². The summed E-state index contributed by atoms with van der Waals surface area (Å²) >= 11 is 0. The largest absolute Gasteiger partial charge is 0.465 e. The monoisotopic (exact) mass is 549 g/mol. The number of carbonyl (C=O) groups is 3. The maximum absolute atomic E-state index is 14.2. The number of rotatable bonds is 13. The van der Waals surface area contributed by atoms with E-state index in [1.807, 2.05) is 18.4 Å². The summed E-state index contributed by atoms with van der Waals surface area (Å²) in [5, 5.41) is 9.91. The van der Waals surface area contributed by atoms with Gasteiger partial charge in [0.2, 0.25) is 5.91 Å². The molecule has 39 heavy (non-hydrogen) atoms. The van der Waals surface area contributed by atoms with Crippen LogP contribution >= 0.6 is 0 Å². The van der Waals surface area contributed by atoms with Crippen LogP contribution in [0, 0.1) is 11.8 Å². The number of aromatic nitrogens is 2. The Bertz CT molecular complexity index is 945. The normalized spacial score (nSPS) is 19.9. The van der Waals surface area contributed by atoms with Gasteiger partial charge in [-0.25, -0.2) is 9.78 Å². The minimum atomic E-state index is -1.07. The van der Waals surface area contributed by atoms with E-state index in [1.54, 1.807) is 23.1 Å². The van der Waals surface area contributed by atoms with Crippen LogP contribution in [0.5, 0.6) is 0 Å². The molecule has 2 saturated heterocycles. The van der Waals surface area contributed by atoms with Crippen LogP contribution in [0.25, 0.3) is 0 Å². The van der Waals surface area contributed by atoms with Crippen LogP contribution in [0.4, 0.5) is 4.79 Å². The average molecular weight is 550 g/mol. The number of imidazole rings is 1. The number of hydrogen-bond acceptors (Lipinski definition) is 6. The molecule has 220 valence electrons. The molecule has 1 aromatic rings. The number of aryl methyl sites for hydroxylation is 1. The van der Waals surface area contributed by atoms with Gasteiger partial charge < -0.3 is 33.8 Å². The van der Waals surface area contributed by atoms with Gasteiger partial charge in [0.1, 0.15) is 11.5 Å². The number of carbonyl (C=O) groups excluding carboxylic acids is 2. The lowest BCUT2D eigenvalue weighted by Crippen LogP contribution is -2.58. The number of nitrogens with zero attached hydrogens (tertiary/aromatic N) is 5. The molecule has 0 spiro atoms. The third kappa shape index (κ3) is 8.41. The van der Waals surface area contributed by atoms with Gasteiger partial charge in [-0.3, -0.25) is 9.59 Å². The van der Waals surface area contributed by atoms with Gasteiger partial charge in [-0.2, -0.15) is 0 Å². The van der Waals surface area contributed by atoms with Crippen molar-refractivity contribution < 1.29 is 29.0 Å². The molecule has 3 heterocycles. The van der Waals surface area contributed by atoms with E-state index >= 15 is 0 Å². The van der Waals surface area contributed by atoms with Gasteiger partial charge >= 0.3 is 6.09 Å². The minimum Gasteiger partial charge on any atom is -0.465 e. The van der Waals surface area contributed by atoms with Crippen LogP contribution in [0.3, 0.4) is 0 Å². The summed E-state index contributed by atoms with van der Waals surface area (Å²) in [6, 6.07) is -0.407. The lowest BCUT2D eigenvalue weighted by molar-refractivity contribution is -0.142. The van der Waals surface area contributed by atoms with Gasteiger partial charge in [-0.1, -0.05) is 27.2 Å². The van der Waals surface area contributed by atoms with Crippen LogP contribution in [0.2, 0.25) is 0 Å². The van der Waals surface area contributed by atoms with Gasteiger partial charge in [-0.05, 0) is 31.6 Å². The average Bonchev–Trinajstić information content (AvgIpc) is 3.34. The van der Waals surface area contributed by atoms with Gasteiger partial charge in [0.05, 0.1) is 31.4 Å². The summed E-state index contributed by atoms with van der Waals surface area (Å²) in [6.45, 7) is 10.3. The highest BCUT2D eigenvalue weighted by atomic mass is 16.5. The SMILES string of the molecule is CCCCc1ncc(C(=O)N(CC(C)C)[C@H]2C[C@@H](C(=O)N3CCOCC3)CN(C(=O)O)C2)n1CCCCOC. The highest BCUT2D eigenvalue weighted by molar-refractivity contribution is 5.93. The first kappa shape index (κ1) is 30.9. The zero-order valence-corrected chi connectivity index (χ0v) is 24.1. The Morgan fingerprint density at radius 1 is 1.15 bits per heavy atom. The highest BCUT2D eigenvalue weighted by Crippen LogP contribution is 2.26. The molecule has 3 amide bonds. The summed E-state index contributed by atoms with van der Waals surface area (Å²) in [6.07, 6.45) is 5.60. The second-order valence-corrected chi connectivity index (χ2v) is 11.1. The van der Waals surface area contributed by atoms with Crippen LogP contribution < -0.4 is 0 Å². The Morgan fingerprint density at radius 2 is 1.90 bits per heavy atom. The Hall–Kier alpha value is -2.66. The van der Waals surface area contributed by atoms with Gasteiger partial charge in [-0.15, -0.1) is 0 Å². The fourth-order valence-corrected chi connectivity index (χ4v) is 5.50. The predicted molar refractivity (Wildman–Crippen MR) is 147 cm³/mol. The topological polar surface area (TPSA) is 117 Å². The number of ether oxygens (including phenoxy) is 2. The van der Waals surface area contributed by atoms with E-state index in [-0.39, 0.29) is 30.8 Å². The van der Waals surface area contributed by atoms with Crippen molar-refractivity contribution in [1.82, 2.24) is 24.3 Å². The number of morpholine rings is 1. The molecule has 0 unspecified atom stereocenters. The molecule has 2 atom stereocenters. The Balaban J connectivity index is 1.89. The fraction of sp³-hybridized carbons (Fsp3) is 0.786. The van der Waals surface area contributed by atoms with Gasteiger partial charge in [0.15, 0.2) is 0 Å². The van der Waals surface area contributed by atoms with E-state index in [0.717, 1.165) is 37.9 Å². The molecule has 0 radical (unpaired) electrons. The summed E-state index contributed by atoms with van der Waals surface area (Å²) in [7, 11) is 1.68. The molecular weight excluding hydrogens is 502 g/mol. The molecular formula is C28H47N5O6. The molecule has 2 aliphatic rings. The molecule has 11 heteroatoms. The van der Waals surface area contributed by atoms with Crippen molar-refractivity contribution in [2.24, 2.45) is 11.8 Å². The summed E-state index contributed by atoms with van der Waals surface area (Å²) < 4.78 is 12.6. The van der Waals surface area contributed by atoms with Gasteiger partial charge in [0, 0.05) is 59.4 Å². The Labute approximate surface area is 232 Å². The van der Waals surface area contributed by atoms with Crippen molar-refractivity contribution in [3.05, 3.63) is 17.7 Å². The first-order valence-electron chi connectivity index (χ1n) is 14.4. The highest BCUT2D eigenvalue weighted by Gasteiger charge is 2.40. The lowest BCUT2D eigenvalue weighted by atomic mass is 9.91. The molecule has 0 bridgehead atoms. The van der Waals surface area contributed by atoms with E-state index in [4.69, 9.17) is 9.47 Å². The molecule has 11 nitrogen and oxygen atoms in total. The van der Waals surface area contributed by atoms with Crippen molar-refractivity contribution in [3.8, 4) is 0 Å².